The van der Waals surface area contributed by atoms with Crippen LogP contribution in [-0.2, 0) is 0 Å². The molecule has 4 nitrogen and oxygen atoms in total. The zero-order valence-corrected chi connectivity index (χ0v) is 8.46. The number of allylic oxidation sites excluding steroid dienone is 2. The van der Waals surface area contributed by atoms with Crippen molar-refractivity contribution in [2.24, 2.45) is 4.99 Å². The number of nitrogens with zero attached hydrogens (tertiary/aromatic N) is 3. The molecule has 0 atom stereocenters. The van der Waals surface area contributed by atoms with E-state index in [0.717, 1.165) is 11.4 Å². The maximum absolute atomic E-state index is 5.53. The van der Waals surface area contributed by atoms with E-state index >= 15 is 0 Å². The molecule has 0 aromatic carbocycles. The van der Waals surface area contributed by atoms with Crippen molar-refractivity contribution in [3.63, 3.8) is 0 Å². The fourth-order valence-corrected chi connectivity index (χ4v) is 1.33. The summed E-state index contributed by atoms with van der Waals surface area (Å²) in [5.74, 6) is 0.524. The van der Waals surface area contributed by atoms with E-state index in [1.165, 1.54) is 0 Å². The lowest BCUT2D eigenvalue weighted by molar-refractivity contribution is 1.13. The Hall–Kier alpha value is -2.10. The summed E-state index contributed by atoms with van der Waals surface area (Å²) in [6, 6.07) is 3.71. The van der Waals surface area contributed by atoms with E-state index in [4.69, 9.17) is 5.73 Å². The van der Waals surface area contributed by atoms with Crippen LogP contribution >= 0.6 is 0 Å². The van der Waals surface area contributed by atoms with Crippen LogP contribution in [0.5, 0.6) is 0 Å². The highest BCUT2D eigenvalue weighted by Crippen LogP contribution is 2.20. The number of hydrogen-bond acceptors (Lipinski definition) is 4. The van der Waals surface area contributed by atoms with Crippen LogP contribution in [0.3, 0.4) is 0 Å². The second-order valence-corrected chi connectivity index (χ2v) is 3.22. The molecule has 2 N–H and O–H groups in total. The van der Waals surface area contributed by atoms with Crippen molar-refractivity contribution in [3.05, 3.63) is 42.5 Å². The number of pyridine rings is 1. The molecule has 0 saturated heterocycles. The van der Waals surface area contributed by atoms with Crippen molar-refractivity contribution in [1.29, 1.82) is 0 Å². The van der Waals surface area contributed by atoms with E-state index < -0.39 is 0 Å². The first-order valence-corrected chi connectivity index (χ1v) is 4.65. The van der Waals surface area contributed by atoms with Gasteiger partial charge in [-0.05, 0) is 25.1 Å². The standard InChI is InChI=1S/C11H12N4/c1-9-7-13-5-2-6-15(9)10-3-4-11(12)14-8-10/h2-8H,1H3,(H2,12,14). The van der Waals surface area contributed by atoms with Crippen molar-refractivity contribution in [3.8, 4) is 0 Å². The molecule has 0 radical (unpaired) electrons. The molecule has 2 rings (SSSR count). The van der Waals surface area contributed by atoms with Crippen LogP contribution in [0.4, 0.5) is 11.5 Å². The molecule has 1 aliphatic rings. The topological polar surface area (TPSA) is 54.5 Å². The van der Waals surface area contributed by atoms with Crippen molar-refractivity contribution in [1.82, 2.24) is 4.98 Å². The average Bonchev–Trinajstić information content (AvgIpc) is 2.44. The van der Waals surface area contributed by atoms with Crippen molar-refractivity contribution >= 4 is 17.7 Å². The minimum absolute atomic E-state index is 0.524. The zero-order chi connectivity index (χ0) is 10.7. The molecule has 1 aliphatic heterocycles. The largest absolute Gasteiger partial charge is 0.384 e. The number of rotatable bonds is 1. The van der Waals surface area contributed by atoms with Gasteiger partial charge in [-0.3, -0.25) is 4.99 Å². The number of aromatic nitrogens is 1. The molecule has 0 bridgehead atoms. The lowest BCUT2D eigenvalue weighted by atomic mass is 10.3. The highest BCUT2D eigenvalue weighted by atomic mass is 15.1. The Bertz CT molecular complexity index is 428. The molecule has 0 saturated carbocycles. The SMILES string of the molecule is CC1=CN=CC=CN1c1ccc(N)nc1. The van der Waals surface area contributed by atoms with E-state index in [-0.39, 0.29) is 0 Å². The van der Waals surface area contributed by atoms with Gasteiger partial charge in [-0.1, -0.05) is 0 Å². The third-order valence-corrected chi connectivity index (χ3v) is 2.10. The zero-order valence-electron chi connectivity index (χ0n) is 8.46. The number of nitrogens with two attached hydrogens (primary N) is 1. The van der Waals surface area contributed by atoms with Crippen LogP contribution in [0.15, 0.2) is 47.5 Å². The second kappa shape index (κ2) is 3.96. The van der Waals surface area contributed by atoms with E-state index in [1.807, 2.05) is 30.2 Å². The molecule has 2 heterocycles. The lowest BCUT2D eigenvalue weighted by Gasteiger charge is -2.19. The first kappa shape index (κ1) is 9.45. The van der Waals surface area contributed by atoms with Gasteiger partial charge in [0.1, 0.15) is 5.82 Å². The van der Waals surface area contributed by atoms with Gasteiger partial charge in [0.25, 0.3) is 0 Å². The fraction of sp³-hybridized carbons (Fsp3) is 0.0909. The molecule has 1 aromatic heterocycles. The quantitative estimate of drug-likeness (QED) is 0.753. The molecular formula is C11H12N4. The maximum atomic E-state index is 5.53. The third-order valence-electron chi connectivity index (χ3n) is 2.10. The van der Waals surface area contributed by atoms with Gasteiger partial charge in [0, 0.05) is 24.3 Å². The van der Waals surface area contributed by atoms with Gasteiger partial charge in [0.05, 0.1) is 11.9 Å². The van der Waals surface area contributed by atoms with Crippen LogP contribution in [-0.4, -0.2) is 11.2 Å². The Kier molecular flexibility index (Phi) is 2.49. The Labute approximate surface area is 88.5 Å². The van der Waals surface area contributed by atoms with E-state index in [1.54, 1.807) is 24.7 Å². The van der Waals surface area contributed by atoms with Crippen LogP contribution < -0.4 is 10.6 Å². The van der Waals surface area contributed by atoms with Gasteiger partial charge in [-0.2, -0.15) is 0 Å². The summed E-state index contributed by atoms with van der Waals surface area (Å²) in [5, 5.41) is 0. The molecule has 76 valence electrons. The molecule has 0 aliphatic carbocycles. The third kappa shape index (κ3) is 2.04. The molecule has 15 heavy (non-hydrogen) atoms. The fourth-order valence-electron chi connectivity index (χ4n) is 1.33. The summed E-state index contributed by atoms with van der Waals surface area (Å²) in [6.07, 6.45) is 9.10. The summed E-state index contributed by atoms with van der Waals surface area (Å²) in [5.41, 5.74) is 7.54. The van der Waals surface area contributed by atoms with Crippen molar-refractivity contribution < 1.29 is 0 Å². The predicted octanol–water partition coefficient (Wildman–Crippen LogP) is 1.93. The smallest absolute Gasteiger partial charge is 0.123 e. The number of hydrogen-bond donors (Lipinski definition) is 1. The minimum atomic E-state index is 0.524. The summed E-state index contributed by atoms with van der Waals surface area (Å²) >= 11 is 0. The van der Waals surface area contributed by atoms with Crippen molar-refractivity contribution in [2.75, 3.05) is 10.6 Å². The highest BCUT2D eigenvalue weighted by molar-refractivity contribution is 5.74. The monoisotopic (exact) mass is 200 g/mol. The second-order valence-electron chi connectivity index (χ2n) is 3.22. The lowest BCUT2D eigenvalue weighted by Crippen LogP contribution is -2.12. The maximum Gasteiger partial charge on any atom is 0.123 e. The van der Waals surface area contributed by atoms with Gasteiger partial charge in [-0.15, -0.1) is 0 Å². The summed E-state index contributed by atoms with van der Waals surface area (Å²) in [6.45, 7) is 1.99. The molecule has 1 aromatic rings. The first-order valence-electron chi connectivity index (χ1n) is 4.65. The average molecular weight is 200 g/mol. The summed E-state index contributed by atoms with van der Waals surface area (Å²) in [7, 11) is 0. The van der Waals surface area contributed by atoms with Gasteiger partial charge in [0.15, 0.2) is 0 Å². The van der Waals surface area contributed by atoms with Crippen molar-refractivity contribution in [2.45, 2.75) is 6.92 Å². The van der Waals surface area contributed by atoms with Gasteiger partial charge in [0.2, 0.25) is 0 Å². The van der Waals surface area contributed by atoms with Gasteiger partial charge in [-0.25, -0.2) is 4.98 Å². The molecular weight excluding hydrogens is 188 g/mol. The Balaban J connectivity index is 2.34. The molecule has 0 unspecified atom stereocenters. The van der Waals surface area contributed by atoms with Gasteiger partial charge >= 0.3 is 0 Å². The highest BCUT2D eigenvalue weighted by Gasteiger charge is 2.06. The molecule has 0 amide bonds. The molecule has 0 fully saturated rings. The minimum Gasteiger partial charge on any atom is -0.384 e. The van der Waals surface area contributed by atoms with Crippen LogP contribution in [0.1, 0.15) is 6.92 Å². The van der Waals surface area contributed by atoms with E-state index in [0.29, 0.717) is 5.82 Å². The van der Waals surface area contributed by atoms with Gasteiger partial charge < -0.3 is 10.6 Å². The predicted molar refractivity (Wildman–Crippen MR) is 62.5 cm³/mol. The molecule has 4 heteroatoms. The normalized spacial score (nSPS) is 15.0. The number of aliphatic imine (C=N–C) groups is 1. The van der Waals surface area contributed by atoms with Crippen LogP contribution in [0.2, 0.25) is 0 Å². The number of anilines is 2. The Morgan fingerprint density at radius 2 is 2.20 bits per heavy atom. The Morgan fingerprint density at radius 1 is 1.33 bits per heavy atom. The van der Waals surface area contributed by atoms with Crippen LogP contribution in [0, 0.1) is 0 Å². The summed E-state index contributed by atoms with van der Waals surface area (Å²) in [4.78, 5) is 10.1. The number of nitrogen functional groups attached to an aromatic ring is 1. The molecule has 0 spiro atoms. The van der Waals surface area contributed by atoms with E-state index in [2.05, 4.69) is 9.98 Å². The first-order chi connectivity index (χ1) is 7.27. The summed E-state index contributed by atoms with van der Waals surface area (Å²) < 4.78 is 0. The Morgan fingerprint density at radius 3 is 2.93 bits per heavy atom. The van der Waals surface area contributed by atoms with Crippen LogP contribution in [0.25, 0.3) is 0 Å². The van der Waals surface area contributed by atoms with E-state index in [9.17, 15) is 0 Å².